The van der Waals surface area contributed by atoms with Crippen LogP contribution in [0.4, 0.5) is 5.69 Å². The third-order valence-electron chi connectivity index (χ3n) is 4.61. The molecule has 26 heavy (non-hydrogen) atoms. The second-order valence-corrected chi connectivity index (χ2v) is 6.39. The Balaban J connectivity index is 1.41. The molecule has 0 atom stereocenters. The Labute approximate surface area is 151 Å². The van der Waals surface area contributed by atoms with E-state index in [1.165, 1.54) is 0 Å². The minimum atomic E-state index is -0.199. The van der Waals surface area contributed by atoms with E-state index in [1.54, 1.807) is 11.0 Å². The topological polar surface area (TPSA) is 62.3 Å². The van der Waals surface area contributed by atoms with Gasteiger partial charge in [-0.3, -0.25) is 9.59 Å². The number of carbonyl (C=O) groups is 2. The first-order chi connectivity index (χ1) is 12.7. The standard InChI is InChI=1S/C21H19N3O2/c25-20-6-3-13-24(20)17-10-7-15(8-11-17)14-22-21(26)19-12-9-16-4-1-2-5-18(16)23-19/h1-2,4-5,7-12H,3,6,13-14H2,(H,22,26). The highest BCUT2D eigenvalue weighted by Gasteiger charge is 2.21. The highest BCUT2D eigenvalue weighted by atomic mass is 16.2. The largest absolute Gasteiger partial charge is 0.347 e. The van der Waals surface area contributed by atoms with E-state index in [-0.39, 0.29) is 11.8 Å². The molecule has 1 aliphatic rings. The molecule has 2 aromatic carbocycles. The molecule has 1 N–H and O–H groups in total. The fourth-order valence-corrected chi connectivity index (χ4v) is 3.18. The average molecular weight is 345 g/mol. The third kappa shape index (κ3) is 3.28. The zero-order valence-corrected chi connectivity index (χ0v) is 14.3. The van der Waals surface area contributed by atoms with Crippen molar-refractivity contribution >= 4 is 28.4 Å². The number of anilines is 1. The molecule has 1 fully saturated rings. The summed E-state index contributed by atoms with van der Waals surface area (Å²) >= 11 is 0. The lowest BCUT2D eigenvalue weighted by Gasteiger charge is -2.16. The molecule has 5 heteroatoms. The fourth-order valence-electron chi connectivity index (χ4n) is 3.18. The Hall–Kier alpha value is -3.21. The van der Waals surface area contributed by atoms with E-state index < -0.39 is 0 Å². The van der Waals surface area contributed by atoms with Gasteiger partial charge in [0.1, 0.15) is 5.69 Å². The van der Waals surface area contributed by atoms with Crippen molar-refractivity contribution in [3.8, 4) is 0 Å². The zero-order chi connectivity index (χ0) is 17.9. The summed E-state index contributed by atoms with van der Waals surface area (Å²) in [6.45, 7) is 1.20. The Bertz CT molecular complexity index is 966. The first kappa shape index (κ1) is 16.3. The normalized spacial score (nSPS) is 14.0. The van der Waals surface area contributed by atoms with Gasteiger partial charge in [0.25, 0.3) is 5.91 Å². The Morgan fingerprint density at radius 1 is 1.04 bits per heavy atom. The second kappa shape index (κ2) is 6.96. The summed E-state index contributed by atoms with van der Waals surface area (Å²) in [5.41, 5.74) is 3.11. The predicted molar refractivity (Wildman–Crippen MR) is 101 cm³/mol. The average Bonchev–Trinajstić information content (AvgIpc) is 3.12. The van der Waals surface area contributed by atoms with Crippen LogP contribution < -0.4 is 10.2 Å². The fraction of sp³-hybridized carbons (Fsp3) is 0.190. The van der Waals surface area contributed by atoms with Crippen LogP contribution in [0.15, 0.2) is 60.7 Å². The molecule has 0 spiro atoms. The SMILES string of the molecule is O=C(NCc1ccc(N2CCCC2=O)cc1)c1ccc2ccccc2n1. The molecule has 3 aromatic rings. The molecular weight excluding hydrogens is 326 g/mol. The molecule has 2 heterocycles. The number of pyridine rings is 1. The molecule has 1 aliphatic heterocycles. The zero-order valence-electron chi connectivity index (χ0n) is 14.3. The molecule has 0 aliphatic carbocycles. The second-order valence-electron chi connectivity index (χ2n) is 6.39. The Morgan fingerprint density at radius 2 is 1.85 bits per heavy atom. The first-order valence-electron chi connectivity index (χ1n) is 8.74. The summed E-state index contributed by atoms with van der Waals surface area (Å²) in [6.07, 6.45) is 1.53. The van der Waals surface area contributed by atoms with Crippen LogP contribution in [0.25, 0.3) is 10.9 Å². The minimum Gasteiger partial charge on any atom is -0.347 e. The van der Waals surface area contributed by atoms with Gasteiger partial charge in [-0.15, -0.1) is 0 Å². The van der Waals surface area contributed by atoms with Gasteiger partial charge in [-0.1, -0.05) is 36.4 Å². The molecule has 0 saturated carbocycles. The van der Waals surface area contributed by atoms with Gasteiger partial charge in [0.05, 0.1) is 5.52 Å². The maximum absolute atomic E-state index is 12.4. The summed E-state index contributed by atoms with van der Waals surface area (Å²) in [6, 6.07) is 19.1. The maximum Gasteiger partial charge on any atom is 0.270 e. The molecule has 0 unspecified atom stereocenters. The van der Waals surface area contributed by atoms with Gasteiger partial charge in [-0.25, -0.2) is 4.98 Å². The highest BCUT2D eigenvalue weighted by molar-refractivity contribution is 5.95. The molecule has 1 saturated heterocycles. The van der Waals surface area contributed by atoms with Crippen molar-refractivity contribution in [1.29, 1.82) is 0 Å². The number of aromatic nitrogens is 1. The number of carbonyl (C=O) groups excluding carboxylic acids is 2. The van der Waals surface area contributed by atoms with Crippen LogP contribution >= 0.6 is 0 Å². The minimum absolute atomic E-state index is 0.174. The molecule has 0 bridgehead atoms. The number of nitrogens with zero attached hydrogens (tertiary/aromatic N) is 2. The Morgan fingerprint density at radius 3 is 2.62 bits per heavy atom. The van der Waals surface area contributed by atoms with Crippen LogP contribution in [0.3, 0.4) is 0 Å². The van der Waals surface area contributed by atoms with Gasteiger partial charge in [-0.05, 0) is 36.2 Å². The smallest absolute Gasteiger partial charge is 0.270 e. The van der Waals surface area contributed by atoms with Crippen LogP contribution in [0.5, 0.6) is 0 Å². The van der Waals surface area contributed by atoms with Gasteiger partial charge >= 0.3 is 0 Å². The van der Waals surface area contributed by atoms with E-state index in [0.29, 0.717) is 18.7 Å². The van der Waals surface area contributed by atoms with Crippen molar-refractivity contribution < 1.29 is 9.59 Å². The number of benzene rings is 2. The number of fused-ring (bicyclic) bond motifs is 1. The summed E-state index contributed by atoms with van der Waals surface area (Å²) in [7, 11) is 0. The van der Waals surface area contributed by atoms with Crippen molar-refractivity contribution in [3.05, 3.63) is 71.9 Å². The number of amides is 2. The molecule has 1 aromatic heterocycles. The third-order valence-corrected chi connectivity index (χ3v) is 4.61. The van der Waals surface area contributed by atoms with E-state index in [1.807, 2.05) is 54.6 Å². The van der Waals surface area contributed by atoms with E-state index in [2.05, 4.69) is 10.3 Å². The lowest BCUT2D eigenvalue weighted by molar-refractivity contribution is -0.117. The summed E-state index contributed by atoms with van der Waals surface area (Å²) in [4.78, 5) is 30.4. The quantitative estimate of drug-likeness (QED) is 0.789. The van der Waals surface area contributed by atoms with Crippen molar-refractivity contribution in [3.63, 3.8) is 0 Å². The van der Waals surface area contributed by atoms with Crippen LogP contribution in [-0.4, -0.2) is 23.3 Å². The molecule has 130 valence electrons. The Kier molecular flexibility index (Phi) is 4.35. The summed E-state index contributed by atoms with van der Waals surface area (Å²) < 4.78 is 0. The number of nitrogens with one attached hydrogen (secondary N) is 1. The predicted octanol–water partition coefficient (Wildman–Crippen LogP) is 3.29. The van der Waals surface area contributed by atoms with Crippen molar-refractivity contribution in [2.45, 2.75) is 19.4 Å². The molecule has 5 nitrogen and oxygen atoms in total. The van der Waals surface area contributed by atoms with Crippen LogP contribution in [0.2, 0.25) is 0 Å². The monoisotopic (exact) mass is 345 g/mol. The van der Waals surface area contributed by atoms with Gasteiger partial charge < -0.3 is 10.2 Å². The van der Waals surface area contributed by atoms with Crippen molar-refractivity contribution in [2.75, 3.05) is 11.4 Å². The van der Waals surface area contributed by atoms with E-state index in [4.69, 9.17) is 0 Å². The van der Waals surface area contributed by atoms with Gasteiger partial charge in [0, 0.05) is 30.6 Å². The van der Waals surface area contributed by atoms with Gasteiger partial charge in [0.15, 0.2) is 0 Å². The number of hydrogen-bond donors (Lipinski definition) is 1. The molecule has 0 radical (unpaired) electrons. The lowest BCUT2D eigenvalue weighted by atomic mass is 10.2. The van der Waals surface area contributed by atoms with E-state index >= 15 is 0 Å². The first-order valence-corrected chi connectivity index (χ1v) is 8.74. The number of para-hydroxylation sites is 1. The molecular formula is C21H19N3O2. The van der Waals surface area contributed by atoms with E-state index in [0.717, 1.165) is 35.1 Å². The maximum atomic E-state index is 12.4. The van der Waals surface area contributed by atoms with Crippen LogP contribution in [0.1, 0.15) is 28.9 Å². The van der Waals surface area contributed by atoms with Crippen LogP contribution in [0, 0.1) is 0 Å². The van der Waals surface area contributed by atoms with E-state index in [9.17, 15) is 9.59 Å². The van der Waals surface area contributed by atoms with Crippen LogP contribution in [-0.2, 0) is 11.3 Å². The lowest BCUT2D eigenvalue weighted by Crippen LogP contribution is -2.24. The highest BCUT2D eigenvalue weighted by Crippen LogP contribution is 2.21. The summed E-state index contributed by atoms with van der Waals surface area (Å²) in [5, 5.41) is 3.91. The number of hydrogen-bond acceptors (Lipinski definition) is 3. The molecule has 4 rings (SSSR count). The van der Waals surface area contributed by atoms with Crippen molar-refractivity contribution in [1.82, 2.24) is 10.3 Å². The summed E-state index contributed by atoms with van der Waals surface area (Å²) in [5.74, 6) is -0.0250. The van der Waals surface area contributed by atoms with Gasteiger partial charge in [-0.2, -0.15) is 0 Å². The molecule has 2 amide bonds. The number of rotatable bonds is 4. The van der Waals surface area contributed by atoms with Crippen molar-refractivity contribution in [2.24, 2.45) is 0 Å². The van der Waals surface area contributed by atoms with Gasteiger partial charge in [0.2, 0.25) is 5.91 Å².